The monoisotopic (exact) mass is 421 g/mol. The molecule has 0 atom stereocenters. The molecule has 0 radical (unpaired) electrons. The zero-order valence-corrected chi connectivity index (χ0v) is 21.8. The van der Waals surface area contributed by atoms with Crippen LogP contribution in [0, 0.1) is 0 Å². The maximum Gasteiger partial charge on any atom is 1.00 e. The van der Waals surface area contributed by atoms with Gasteiger partial charge in [0.05, 0.1) is 5.71 Å². The Hall–Kier alpha value is 0.130. The number of benzene rings is 2. The van der Waals surface area contributed by atoms with Gasteiger partial charge in [0.25, 0.3) is 0 Å². The minimum atomic E-state index is -5.43. The van der Waals surface area contributed by atoms with E-state index in [-0.39, 0.29) is 100.0 Å². The van der Waals surface area contributed by atoms with E-state index in [0.29, 0.717) is 11.4 Å². The smallest absolute Gasteiger partial charge is 0.807 e. The van der Waals surface area contributed by atoms with E-state index in [9.17, 15) is 9.90 Å². The summed E-state index contributed by atoms with van der Waals surface area (Å²) < 4.78 is 14.2. The van der Waals surface area contributed by atoms with Gasteiger partial charge in [0.2, 0.25) is 0 Å². The number of carbonyl (C=O) groups is 2. The molecular weight excluding hydrogens is 410 g/mol. The topological polar surface area (TPSA) is 176 Å². The molecule has 0 unspecified atom stereocenters. The standard InChI is InChI=1S/C13H11NO3.CH3O5P.3Na/c14-9-6-7-11(12(15)8-9)13(16)17-10-4-2-1-3-5-10;2-1(3)7(4,5)6;;;/h1-8,15H,14H2;(H,2,3)(H2,4,5,6);;;/q;;3*+1/p-3. The molecule has 0 aliphatic carbocycles. The maximum atomic E-state index is 11.7. The summed E-state index contributed by atoms with van der Waals surface area (Å²) in [5.41, 5.74) is 3.38. The summed E-state index contributed by atoms with van der Waals surface area (Å²) in [6.07, 6.45) is 0. The zero-order valence-electron chi connectivity index (χ0n) is 14.9. The number of hydrogen-bond donors (Lipinski definition) is 2. The average Bonchev–Trinajstić information content (AvgIpc) is 2.47. The van der Waals surface area contributed by atoms with Crippen LogP contribution in [0.25, 0.3) is 0 Å². The largest absolute Gasteiger partial charge is 1.00 e. The molecule has 128 valence electrons. The molecule has 13 heteroatoms. The third-order valence-corrected chi connectivity index (χ3v) is 2.87. The number of carboxylic acid groups (broad SMARTS) is 1. The van der Waals surface area contributed by atoms with Crippen molar-refractivity contribution in [3.8, 4) is 11.5 Å². The summed E-state index contributed by atoms with van der Waals surface area (Å²) >= 11 is 0. The summed E-state index contributed by atoms with van der Waals surface area (Å²) in [5.74, 6) is -0.381. The number of phenolic OH excluding ortho intramolecular Hbond substituents is 1. The summed E-state index contributed by atoms with van der Waals surface area (Å²) in [5, 5.41) is 18.6. The van der Waals surface area contributed by atoms with Gasteiger partial charge in [-0.2, -0.15) is 0 Å². The van der Waals surface area contributed by atoms with Crippen LogP contribution in [0.2, 0.25) is 0 Å². The van der Waals surface area contributed by atoms with E-state index in [4.69, 9.17) is 34.7 Å². The summed E-state index contributed by atoms with van der Waals surface area (Å²) in [6.45, 7) is 0. The molecule has 2 aromatic rings. The maximum absolute atomic E-state index is 11.7. The number of nitrogen functional groups attached to an aromatic ring is 1. The number of esters is 1. The predicted molar refractivity (Wildman–Crippen MR) is 76.9 cm³/mol. The van der Waals surface area contributed by atoms with E-state index in [1.54, 1.807) is 24.3 Å². The van der Waals surface area contributed by atoms with Gasteiger partial charge in [-0.3, -0.25) is 0 Å². The SMILES string of the molecule is Nc1ccc(C(=O)Oc2ccccc2)c(O)c1.O=C([O-])P(=O)([O-])[O-].[Na+].[Na+].[Na+]. The normalized spacial score (nSPS) is 9.11. The van der Waals surface area contributed by atoms with E-state index in [0.717, 1.165) is 0 Å². The minimum absolute atomic E-state index is 0. The Morgan fingerprint density at radius 3 is 1.89 bits per heavy atom. The van der Waals surface area contributed by atoms with Crippen molar-refractivity contribution in [2.75, 3.05) is 5.73 Å². The fraction of sp³-hybridized carbons (Fsp3) is 0. The molecule has 9 nitrogen and oxygen atoms in total. The molecule has 3 N–H and O–H groups in total. The quantitative estimate of drug-likeness (QED) is 0.160. The fourth-order valence-electron chi connectivity index (χ4n) is 1.37. The summed E-state index contributed by atoms with van der Waals surface area (Å²) in [6, 6.07) is 12.9. The number of para-hydroxylation sites is 1. The number of rotatable bonds is 3. The first-order chi connectivity index (χ1) is 11.1. The number of nitrogens with two attached hydrogens (primary N) is 1. The molecule has 0 aliphatic rings. The van der Waals surface area contributed by atoms with Gasteiger partial charge in [0.1, 0.15) is 17.1 Å². The predicted octanol–water partition coefficient (Wildman–Crippen LogP) is -9.55. The van der Waals surface area contributed by atoms with Gasteiger partial charge < -0.3 is 39.8 Å². The Bertz CT molecular complexity index is 785. The van der Waals surface area contributed by atoms with E-state index in [1.807, 2.05) is 6.07 Å². The second-order valence-electron chi connectivity index (χ2n) is 4.24. The van der Waals surface area contributed by atoms with Crippen LogP contribution in [-0.2, 0) is 4.57 Å². The van der Waals surface area contributed by atoms with Crippen molar-refractivity contribution in [3.63, 3.8) is 0 Å². The van der Waals surface area contributed by atoms with Crippen molar-refractivity contribution in [2.24, 2.45) is 0 Å². The average molecular weight is 421 g/mol. The van der Waals surface area contributed by atoms with Crippen molar-refractivity contribution in [1.29, 1.82) is 0 Å². The molecule has 0 aliphatic heterocycles. The van der Waals surface area contributed by atoms with Crippen LogP contribution >= 0.6 is 7.60 Å². The van der Waals surface area contributed by atoms with Crippen LogP contribution in [0.3, 0.4) is 0 Å². The second kappa shape index (κ2) is 15.0. The van der Waals surface area contributed by atoms with Crippen LogP contribution in [-0.4, -0.2) is 16.8 Å². The number of aromatic hydroxyl groups is 1. The molecule has 0 amide bonds. The van der Waals surface area contributed by atoms with Crippen LogP contribution in [0.5, 0.6) is 11.5 Å². The molecule has 0 aromatic heterocycles. The number of anilines is 1. The van der Waals surface area contributed by atoms with Gasteiger partial charge in [-0.1, -0.05) is 18.2 Å². The fourth-order valence-corrected chi connectivity index (χ4v) is 1.37. The van der Waals surface area contributed by atoms with E-state index in [2.05, 4.69) is 0 Å². The minimum Gasteiger partial charge on any atom is -0.807 e. The molecule has 0 saturated carbocycles. The third-order valence-electron chi connectivity index (χ3n) is 2.42. The molecule has 0 heterocycles. The van der Waals surface area contributed by atoms with Gasteiger partial charge in [0.15, 0.2) is 0 Å². The number of carbonyl (C=O) groups excluding carboxylic acids is 2. The molecule has 2 aromatic carbocycles. The van der Waals surface area contributed by atoms with Crippen molar-refractivity contribution >= 4 is 25.0 Å². The van der Waals surface area contributed by atoms with Crippen LogP contribution in [0.15, 0.2) is 48.5 Å². The van der Waals surface area contributed by atoms with E-state index in [1.165, 1.54) is 18.2 Å². The molecule has 0 spiro atoms. The van der Waals surface area contributed by atoms with Crippen molar-refractivity contribution < 1.29 is 128 Å². The summed E-state index contributed by atoms with van der Waals surface area (Å²) in [7, 11) is -5.43. The molecule has 0 bridgehead atoms. The van der Waals surface area contributed by atoms with Gasteiger partial charge in [-0.15, -0.1) is 0 Å². The number of ether oxygens (including phenoxy) is 1. The Kier molecular flexibility index (Phi) is 17.7. The Labute approximate surface area is 221 Å². The van der Waals surface area contributed by atoms with Crippen molar-refractivity contribution in [1.82, 2.24) is 0 Å². The van der Waals surface area contributed by atoms with Crippen molar-refractivity contribution in [3.05, 3.63) is 54.1 Å². The first kappa shape index (κ1) is 31.8. The number of hydrogen-bond acceptors (Lipinski definition) is 9. The van der Waals surface area contributed by atoms with Gasteiger partial charge in [0, 0.05) is 11.8 Å². The van der Waals surface area contributed by atoms with Crippen LogP contribution in [0.4, 0.5) is 10.5 Å². The Morgan fingerprint density at radius 2 is 1.48 bits per heavy atom. The van der Waals surface area contributed by atoms with Crippen LogP contribution in [0.1, 0.15) is 10.4 Å². The zero-order chi connectivity index (χ0) is 18.3. The molecule has 0 fully saturated rings. The van der Waals surface area contributed by atoms with Gasteiger partial charge in [-0.05, 0) is 31.9 Å². The number of phenols is 1. The molecule has 2 rings (SSSR count). The van der Waals surface area contributed by atoms with E-state index >= 15 is 0 Å². The van der Waals surface area contributed by atoms with Gasteiger partial charge >= 0.3 is 94.6 Å². The van der Waals surface area contributed by atoms with E-state index < -0.39 is 19.3 Å². The molecule has 0 saturated heterocycles. The first-order valence-corrected chi connectivity index (χ1v) is 7.75. The Morgan fingerprint density at radius 1 is 1.00 bits per heavy atom. The van der Waals surface area contributed by atoms with Crippen LogP contribution < -0.4 is 114 Å². The van der Waals surface area contributed by atoms with Crippen molar-refractivity contribution in [2.45, 2.75) is 0 Å². The third kappa shape index (κ3) is 12.3. The Balaban J connectivity index is -0.000000504. The summed E-state index contributed by atoms with van der Waals surface area (Å²) in [4.78, 5) is 39.0. The second-order valence-corrected chi connectivity index (χ2v) is 5.60. The first-order valence-electron chi connectivity index (χ1n) is 6.20. The van der Waals surface area contributed by atoms with Gasteiger partial charge in [-0.25, -0.2) is 4.79 Å². The molecule has 27 heavy (non-hydrogen) atoms. The molecular formula is C14H11NNa3O8P.